The van der Waals surface area contributed by atoms with Gasteiger partial charge in [-0.1, -0.05) is 18.5 Å². The smallest absolute Gasteiger partial charge is 0.323 e. The lowest BCUT2D eigenvalue weighted by molar-refractivity contribution is -0.385. The van der Waals surface area contributed by atoms with Gasteiger partial charge < -0.3 is 10.0 Å². The Morgan fingerprint density at radius 3 is 2.67 bits per heavy atom. The van der Waals surface area contributed by atoms with Gasteiger partial charge >= 0.3 is 5.97 Å². The second kappa shape index (κ2) is 6.98. The second-order valence-corrected chi connectivity index (χ2v) is 4.75. The fourth-order valence-corrected chi connectivity index (χ4v) is 1.85. The minimum atomic E-state index is -1.20. The molecule has 1 aromatic heterocycles. The first kappa shape index (κ1) is 16.8. The van der Waals surface area contributed by atoms with E-state index in [9.17, 15) is 19.7 Å². The molecule has 0 saturated carbocycles. The third kappa shape index (κ3) is 4.12. The Morgan fingerprint density at radius 1 is 1.57 bits per heavy atom. The summed E-state index contributed by atoms with van der Waals surface area (Å²) in [4.78, 5) is 38.1. The highest BCUT2D eigenvalue weighted by Crippen LogP contribution is 2.23. The molecule has 1 N–H and O–H groups in total. The van der Waals surface area contributed by atoms with Crippen LogP contribution in [0, 0.1) is 10.1 Å². The van der Waals surface area contributed by atoms with Crippen LogP contribution in [0.15, 0.2) is 12.3 Å². The van der Waals surface area contributed by atoms with Gasteiger partial charge in [0.1, 0.15) is 23.5 Å². The van der Waals surface area contributed by atoms with E-state index in [4.69, 9.17) is 16.7 Å². The van der Waals surface area contributed by atoms with Gasteiger partial charge in [-0.3, -0.25) is 19.7 Å². The summed E-state index contributed by atoms with van der Waals surface area (Å²) in [7, 11) is 0. The maximum Gasteiger partial charge on any atom is 0.323 e. The predicted octanol–water partition coefficient (Wildman–Crippen LogP) is 1.97. The Kier molecular flexibility index (Phi) is 5.60. The van der Waals surface area contributed by atoms with Gasteiger partial charge in [-0.15, -0.1) is 0 Å². The molecule has 1 aromatic rings. The van der Waals surface area contributed by atoms with Gasteiger partial charge in [-0.2, -0.15) is 0 Å². The second-order valence-electron chi connectivity index (χ2n) is 4.37. The monoisotopic (exact) mass is 315 g/mol. The van der Waals surface area contributed by atoms with Crippen LogP contribution in [-0.4, -0.2) is 44.4 Å². The number of nitro groups is 1. The number of aliphatic carboxylic acids is 1. The van der Waals surface area contributed by atoms with Crippen molar-refractivity contribution < 1.29 is 19.6 Å². The molecule has 1 atom stereocenters. The summed E-state index contributed by atoms with van der Waals surface area (Å²) >= 11 is 5.67. The summed E-state index contributed by atoms with van der Waals surface area (Å²) in [5.74, 6) is -1.96. The molecule has 9 heteroatoms. The summed E-state index contributed by atoms with van der Waals surface area (Å²) < 4.78 is 0. The van der Waals surface area contributed by atoms with Crippen molar-refractivity contribution in [1.29, 1.82) is 0 Å². The van der Waals surface area contributed by atoms with Gasteiger partial charge in [0, 0.05) is 6.04 Å². The van der Waals surface area contributed by atoms with Crippen LogP contribution in [0.2, 0.25) is 5.15 Å². The van der Waals surface area contributed by atoms with Crippen LogP contribution in [0.3, 0.4) is 0 Å². The van der Waals surface area contributed by atoms with Crippen LogP contribution >= 0.6 is 11.6 Å². The molecule has 0 aromatic carbocycles. The van der Waals surface area contributed by atoms with E-state index in [0.717, 1.165) is 17.2 Å². The SMILES string of the molecule is CCC(C)N(CC(=O)O)C(=O)c1cc(Cl)ncc1[N+](=O)[O-]. The first-order valence-corrected chi connectivity index (χ1v) is 6.48. The predicted molar refractivity (Wildman–Crippen MR) is 74.3 cm³/mol. The van der Waals surface area contributed by atoms with Crippen molar-refractivity contribution in [3.05, 3.63) is 33.1 Å². The Morgan fingerprint density at radius 2 is 2.19 bits per heavy atom. The van der Waals surface area contributed by atoms with Crippen LogP contribution in [0.4, 0.5) is 5.69 Å². The third-order valence-electron chi connectivity index (χ3n) is 2.97. The summed E-state index contributed by atoms with van der Waals surface area (Å²) in [5, 5.41) is 19.8. The zero-order chi connectivity index (χ0) is 16.2. The van der Waals surface area contributed by atoms with E-state index in [0.29, 0.717) is 6.42 Å². The molecule has 21 heavy (non-hydrogen) atoms. The summed E-state index contributed by atoms with van der Waals surface area (Å²) in [6.45, 7) is 2.89. The van der Waals surface area contributed by atoms with Crippen molar-refractivity contribution in [2.24, 2.45) is 0 Å². The molecule has 0 aliphatic rings. The van der Waals surface area contributed by atoms with E-state index in [1.165, 1.54) is 0 Å². The third-order valence-corrected chi connectivity index (χ3v) is 3.17. The van der Waals surface area contributed by atoms with Crippen molar-refractivity contribution in [2.45, 2.75) is 26.3 Å². The molecule has 1 unspecified atom stereocenters. The van der Waals surface area contributed by atoms with Crippen molar-refractivity contribution in [1.82, 2.24) is 9.88 Å². The lowest BCUT2D eigenvalue weighted by atomic mass is 10.1. The Hall–Kier alpha value is -2.22. The van der Waals surface area contributed by atoms with Gasteiger partial charge in [0.25, 0.3) is 11.6 Å². The van der Waals surface area contributed by atoms with Crippen LogP contribution < -0.4 is 0 Å². The number of amides is 1. The molecular weight excluding hydrogens is 302 g/mol. The van der Waals surface area contributed by atoms with Crippen LogP contribution in [0.5, 0.6) is 0 Å². The van der Waals surface area contributed by atoms with Crippen molar-refractivity contribution in [3.63, 3.8) is 0 Å². The molecule has 0 radical (unpaired) electrons. The van der Waals surface area contributed by atoms with E-state index in [1.807, 2.05) is 0 Å². The van der Waals surface area contributed by atoms with Gasteiger partial charge in [0.15, 0.2) is 0 Å². The van der Waals surface area contributed by atoms with Crippen LogP contribution in [0.25, 0.3) is 0 Å². The van der Waals surface area contributed by atoms with Gasteiger partial charge in [0.2, 0.25) is 0 Å². The molecule has 1 rings (SSSR count). The Balaban J connectivity index is 3.28. The van der Waals surface area contributed by atoms with E-state index >= 15 is 0 Å². The molecule has 0 fully saturated rings. The summed E-state index contributed by atoms with van der Waals surface area (Å²) in [5.41, 5.74) is -0.787. The molecule has 1 heterocycles. The number of hydrogen-bond donors (Lipinski definition) is 1. The number of rotatable bonds is 6. The fourth-order valence-electron chi connectivity index (χ4n) is 1.69. The van der Waals surface area contributed by atoms with Crippen molar-refractivity contribution in [2.75, 3.05) is 6.54 Å². The quantitative estimate of drug-likeness (QED) is 0.487. The lowest BCUT2D eigenvalue weighted by Gasteiger charge is -2.26. The molecule has 1 amide bonds. The maximum absolute atomic E-state index is 12.4. The highest BCUT2D eigenvalue weighted by molar-refractivity contribution is 6.29. The first-order valence-electron chi connectivity index (χ1n) is 6.10. The first-order chi connectivity index (χ1) is 9.77. The average molecular weight is 316 g/mol. The average Bonchev–Trinajstić information content (AvgIpc) is 2.42. The molecule has 114 valence electrons. The molecule has 0 aliphatic carbocycles. The number of carbonyl (C=O) groups is 2. The van der Waals surface area contributed by atoms with E-state index < -0.39 is 29.0 Å². The number of carbonyl (C=O) groups excluding carboxylic acids is 1. The Labute approximate surface area is 125 Å². The Bertz CT molecular complexity index is 578. The number of carboxylic acid groups (broad SMARTS) is 1. The number of aromatic nitrogens is 1. The van der Waals surface area contributed by atoms with Crippen molar-refractivity contribution >= 4 is 29.2 Å². The summed E-state index contributed by atoms with van der Waals surface area (Å²) in [6, 6.07) is 0.680. The highest BCUT2D eigenvalue weighted by Gasteiger charge is 2.29. The van der Waals surface area contributed by atoms with E-state index in [1.54, 1.807) is 13.8 Å². The zero-order valence-electron chi connectivity index (χ0n) is 11.4. The minimum absolute atomic E-state index is 0.0802. The van der Waals surface area contributed by atoms with Gasteiger partial charge in [-0.05, 0) is 19.4 Å². The minimum Gasteiger partial charge on any atom is -0.480 e. The largest absolute Gasteiger partial charge is 0.480 e. The number of pyridine rings is 1. The summed E-state index contributed by atoms with van der Waals surface area (Å²) in [6.07, 6.45) is 1.39. The topological polar surface area (TPSA) is 114 Å². The molecular formula is C12H14ClN3O5. The van der Waals surface area contributed by atoms with Crippen molar-refractivity contribution in [3.8, 4) is 0 Å². The molecule has 0 aliphatic heterocycles. The molecule has 8 nitrogen and oxygen atoms in total. The number of nitrogens with zero attached hydrogens (tertiary/aromatic N) is 3. The van der Waals surface area contributed by atoms with E-state index in [2.05, 4.69) is 4.98 Å². The maximum atomic E-state index is 12.4. The fraction of sp³-hybridized carbons (Fsp3) is 0.417. The van der Waals surface area contributed by atoms with Crippen LogP contribution in [-0.2, 0) is 4.79 Å². The van der Waals surface area contributed by atoms with Gasteiger partial charge in [0.05, 0.1) is 4.92 Å². The lowest BCUT2D eigenvalue weighted by Crippen LogP contribution is -2.42. The highest BCUT2D eigenvalue weighted by atomic mass is 35.5. The molecule has 0 saturated heterocycles. The number of carboxylic acids is 1. The number of hydrogen-bond acceptors (Lipinski definition) is 5. The molecule has 0 spiro atoms. The van der Waals surface area contributed by atoms with E-state index in [-0.39, 0.29) is 16.8 Å². The zero-order valence-corrected chi connectivity index (χ0v) is 12.2. The molecule has 0 bridgehead atoms. The van der Waals surface area contributed by atoms with Crippen LogP contribution in [0.1, 0.15) is 30.6 Å². The number of halogens is 1. The standard InChI is InChI=1S/C12H14ClN3O5/c1-3-7(2)15(6-11(17)18)12(19)8-4-10(13)14-5-9(8)16(20)21/h4-5,7H,3,6H2,1-2H3,(H,17,18). The van der Waals surface area contributed by atoms with Gasteiger partial charge in [-0.25, -0.2) is 4.98 Å². The normalized spacial score (nSPS) is 11.8.